The second kappa shape index (κ2) is 5.91. The van der Waals surface area contributed by atoms with Crippen molar-refractivity contribution in [3.05, 3.63) is 35.6 Å². The molecule has 2 nitrogen and oxygen atoms in total. The third-order valence-electron chi connectivity index (χ3n) is 1.72. The molecule has 1 aromatic rings. The van der Waals surface area contributed by atoms with Crippen LogP contribution in [-0.4, -0.2) is 11.7 Å². The van der Waals surface area contributed by atoms with Crippen LogP contribution >= 0.6 is 12.4 Å². The van der Waals surface area contributed by atoms with Gasteiger partial charge >= 0.3 is 0 Å². The van der Waals surface area contributed by atoms with Gasteiger partial charge < -0.3 is 10.8 Å². The van der Waals surface area contributed by atoms with Crippen LogP contribution in [0.1, 0.15) is 18.0 Å². The molecule has 0 amide bonds. The van der Waals surface area contributed by atoms with E-state index in [1.54, 1.807) is 12.1 Å². The molecule has 0 aliphatic rings. The summed E-state index contributed by atoms with van der Waals surface area (Å²) in [7, 11) is 0. The Balaban J connectivity index is 0.00000144. The van der Waals surface area contributed by atoms with Crippen molar-refractivity contribution in [1.29, 1.82) is 0 Å². The fourth-order valence-electron chi connectivity index (χ4n) is 1.04. The molecule has 1 aromatic carbocycles. The fourth-order valence-corrected chi connectivity index (χ4v) is 1.04. The lowest BCUT2D eigenvalue weighted by Crippen LogP contribution is -2.11. The monoisotopic (exact) mass is 205 g/mol. The first-order chi connectivity index (χ1) is 5.74. The van der Waals surface area contributed by atoms with Crippen LogP contribution in [0.5, 0.6) is 0 Å². The van der Waals surface area contributed by atoms with Gasteiger partial charge in [-0.2, -0.15) is 0 Å². The number of aliphatic hydroxyl groups is 1. The van der Waals surface area contributed by atoms with E-state index in [-0.39, 0.29) is 30.9 Å². The Hall–Kier alpha value is -0.640. The average Bonchev–Trinajstić information content (AvgIpc) is 2.05. The molecule has 0 aromatic heterocycles. The maximum atomic E-state index is 12.6. The molecule has 3 N–H and O–H groups in total. The molecular formula is C9H13ClFNO. The molecule has 0 heterocycles. The van der Waals surface area contributed by atoms with Crippen molar-refractivity contribution < 1.29 is 9.50 Å². The Morgan fingerprint density at radius 3 is 2.69 bits per heavy atom. The molecule has 0 aliphatic heterocycles. The van der Waals surface area contributed by atoms with Crippen LogP contribution in [-0.2, 0) is 0 Å². The van der Waals surface area contributed by atoms with Gasteiger partial charge in [0.2, 0.25) is 0 Å². The summed E-state index contributed by atoms with van der Waals surface area (Å²) >= 11 is 0. The zero-order chi connectivity index (χ0) is 8.97. The van der Waals surface area contributed by atoms with Crippen LogP contribution in [0.2, 0.25) is 0 Å². The topological polar surface area (TPSA) is 46.2 Å². The predicted octanol–water partition coefficient (Wildman–Crippen LogP) is 1.63. The summed E-state index contributed by atoms with van der Waals surface area (Å²) < 4.78 is 12.6. The maximum absolute atomic E-state index is 12.6. The molecule has 1 rings (SSSR count). The number of hydrogen-bond acceptors (Lipinski definition) is 2. The van der Waals surface area contributed by atoms with Crippen LogP contribution in [0.3, 0.4) is 0 Å². The van der Waals surface area contributed by atoms with Crippen molar-refractivity contribution >= 4 is 12.4 Å². The molecule has 0 aliphatic carbocycles. The molecule has 0 spiro atoms. The van der Waals surface area contributed by atoms with Crippen molar-refractivity contribution in [3.63, 3.8) is 0 Å². The second-order valence-corrected chi connectivity index (χ2v) is 2.67. The van der Waals surface area contributed by atoms with E-state index in [9.17, 15) is 4.39 Å². The van der Waals surface area contributed by atoms with Gasteiger partial charge in [0.05, 0.1) is 0 Å². The minimum Gasteiger partial charge on any atom is -0.396 e. The predicted molar refractivity (Wildman–Crippen MR) is 52.3 cm³/mol. The van der Waals surface area contributed by atoms with Crippen LogP contribution in [0.4, 0.5) is 4.39 Å². The Morgan fingerprint density at radius 1 is 1.46 bits per heavy atom. The molecule has 0 fully saturated rings. The number of nitrogens with two attached hydrogens (primary N) is 1. The summed E-state index contributed by atoms with van der Waals surface area (Å²) in [6, 6.07) is 5.85. The summed E-state index contributed by atoms with van der Waals surface area (Å²) in [5, 5.41) is 8.59. The number of benzene rings is 1. The van der Waals surface area contributed by atoms with Crippen molar-refractivity contribution in [2.75, 3.05) is 6.61 Å². The average molecular weight is 206 g/mol. The van der Waals surface area contributed by atoms with Gasteiger partial charge in [0, 0.05) is 12.6 Å². The molecule has 0 saturated carbocycles. The van der Waals surface area contributed by atoms with Crippen molar-refractivity contribution in [3.8, 4) is 0 Å². The summed E-state index contributed by atoms with van der Waals surface area (Å²) in [4.78, 5) is 0. The molecule has 0 bridgehead atoms. The van der Waals surface area contributed by atoms with E-state index in [1.807, 2.05) is 0 Å². The summed E-state index contributed by atoms with van der Waals surface area (Å²) in [5.41, 5.74) is 6.37. The van der Waals surface area contributed by atoms with Gasteiger partial charge in [-0.1, -0.05) is 12.1 Å². The summed E-state index contributed by atoms with van der Waals surface area (Å²) in [6.07, 6.45) is 0.462. The third-order valence-corrected chi connectivity index (χ3v) is 1.72. The molecule has 1 atom stereocenters. The number of rotatable bonds is 3. The second-order valence-electron chi connectivity index (χ2n) is 2.67. The van der Waals surface area contributed by atoms with Crippen LogP contribution in [0.15, 0.2) is 24.3 Å². The Bertz CT molecular complexity index is 257. The molecule has 1 unspecified atom stereocenters. The van der Waals surface area contributed by atoms with Gasteiger partial charge in [0.1, 0.15) is 5.82 Å². The van der Waals surface area contributed by atoms with E-state index >= 15 is 0 Å². The van der Waals surface area contributed by atoms with Crippen LogP contribution in [0, 0.1) is 5.82 Å². The summed E-state index contributed by atoms with van der Waals surface area (Å²) in [5.74, 6) is -0.291. The lowest BCUT2D eigenvalue weighted by molar-refractivity contribution is 0.276. The van der Waals surface area contributed by atoms with E-state index in [2.05, 4.69) is 0 Å². The van der Waals surface area contributed by atoms with Crippen molar-refractivity contribution in [2.24, 2.45) is 5.73 Å². The zero-order valence-electron chi connectivity index (χ0n) is 7.11. The summed E-state index contributed by atoms with van der Waals surface area (Å²) in [6.45, 7) is 0.0255. The van der Waals surface area contributed by atoms with E-state index < -0.39 is 0 Å². The highest BCUT2D eigenvalue weighted by molar-refractivity contribution is 5.85. The zero-order valence-corrected chi connectivity index (χ0v) is 7.93. The van der Waals surface area contributed by atoms with Crippen molar-refractivity contribution in [2.45, 2.75) is 12.5 Å². The van der Waals surface area contributed by atoms with Gasteiger partial charge in [-0.05, 0) is 24.1 Å². The minimum absolute atomic E-state index is 0. The molecule has 4 heteroatoms. The van der Waals surface area contributed by atoms with Gasteiger partial charge in [-0.15, -0.1) is 12.4 Å². The van der Waals surface area contributed by atoms with E-state index in [4.69, 9.17) is 10.8 Å². The SMILES string of the molecule is Cl.NC(CCO)c1cccc(F)c1. The highest BCUT2D eigenvalue weighted by atomic mass is 35.5. The first-order valence-electron chi connectivity index (χ1n) is 3.86. The van der Waals surface area contributed by atoms with Gasteiger partial charge in [-0.3, -0.25) is 0 Å². The number of aliphatic hydroxyl groups excluding tert-OH is 1. The van der Waals surface area contributed by atoms with Crippen LogP contribution < -0.4 is 5.73 Å². The molecule has 13 heavy (non-hydrogen) atoms. The standard InChI is InChI=1S/C9H12FNO.ClH/c10-8-3-1-2-7(6-8)9(11)4-5-12;/h1-3,6,9,12H,4-5,11H2;1H. The Kier molecular flexibility index (Phi) is 5.62. The highest BCUT2D eigenvalue weighted by Gasteiger charge is 2.04. The first kappa shape index (κ1) is 12.4. The fraction of sp³-hybridized carbons (Fsp3) is 0.333. The van der Waals surface area contributed by atoms with Gasteiger partial charge in [0.15, 0.2) is 0 Å². The molecular weight excluding hydrogens is 193 g/mol. The number of halogens is 2. The third kappa shape index (κ3) is 3.72. The van der Waals surface area contributed by atoms with Gasteiger partial charge in [0.25, 0.3) is 0 Å². The number of hydrogen-bond donors (Lipinski definition) is 2. The molecule has 0 radical (unpaired) electrons. The lowest BCUT2D eigenvalue weighted by atomic mass is 10.1. The van der Waals surface area contributed by atoms with Gasteiger partial charge in [-0.25, -0.2) is 4.39 Å². The highest BCUT2D eigenvalue weighted by Crippen LogP contribution is 2.13. The Morgan fingerprint density at radius 2 is 2.15 bits per heavy atom. The minimum atomic E-state index is -0.291. The maximum Gasteiger partial charge on any atom is 0.123 e. The quantitative estimate of drug-likeness (QED) is 0.788. The lowest BCUT2D eigenvalue weighted by Gasteiger charge is -2.09. The largest absolute Gasteiger partial charge is 0.396 e. The van der Waals surface area contributed by atoms with E-state index in [0.29, 0.717) is 6.42 Å². The molecule has 74 valence electrons. The van der Waals surface area contributed by atoms with E-state index in [1.165, 1.54) is 12.1 Å². The smallest absolute Gasteiger partial charge is 0.123 e. The first-order valence-corrected chi connectivity index (χ1v) is 3.86. The Labute approximate surface area is 83.0 Å². The normalized spacial score (nSPS) is 11.9. The van der Waals surface area contributed by atoms with E-state index in [0.717, 1.165) is 5.56 Å². The van der Waals surface area contributed by atoms with Crippen molar-refractivity contribution in [1.82, 2.24) is 0 Å². The molecule has 0 saturated heterocycles. The van der Waals surface area contributed by atoms with Crippen LogP contribution in [0.25, 0.3) is 0 Å².